The zero-order valence-corrected chi connectivity index (χ0v) is 12.0. The Morgan fingerprint density at radius 1 is 1.20 bits per heavy atom. The van der Waals surface area contributed by atoms with Gasteiger partial charge in [0.25, 0.3) is 0 Å². The van der Waals surface area contributed by atoms with Gasteiger partial charge in [0, 0.05) is 17.0 Å². The van der Waals surface area contributed by atoms with Crippen LogP contribution in [0.5, 0.6) is 5.75 Å². The summed E-state index contributed by atoms with van der Waals surface area (Å²) >= 11 is 0. The lowest BCUT2D eigenvalue weighted by Gasteiger charge is -2.06. The number of methoxy groups -OCH3 is 1. The minimum atomic E-state index is -1.18. The zero-order chi connectivity index (χ0) is 14.5. The number of hydrogen-bond donors (Lipinski definition) is 1. The second-order valence-electron chi connectivity index (χ2n) is 4.30. The van der Waals surface area contributed by atoms with E-state index in [1.54, 1.807) is 43.5 Å². The Morgan fingerprint density at radius 2 is 1.90 bits per heavy atom. The van der Waals surface area contributed by atoms with Crippen molar-refractivity contribution in [3.63, 3.8) is 0 Å². The van der Waals surface area contributed by atoms with E-state index in [-0.39, 0.29) is 12.4 Å². The van der Waals surface area contributed by atoms with Gasteiger partial charge in [0.2, 0.25) is 0 Å². The van der Waals surface area contributed by atoms with Crippen LogP contribution in [0.25, 0.3) is 0 Å². The minimum absolute atomic E-state index is 0.134. The maximum Gasteiger partial charge on any atom is 0.127 e. The molecule has 5 heteroatoms. The molecule has 0 heterocycles. The van der Waals surface area contributed by atoms with Crippen molar-refractivity contribution in [3.8, 4) is 5.75 Å². The Hall–Kier alpha value is -1.72. The highest BCUT2D eigenvalue weighted by Crippen LogP contribution is 2.18. The largest absolute Gasteiger partial charge is 0.497 e. The van der Waals surface area contributed by atoms with Crippen molar-refractivity contribution in [2.75, 3.05) is 7.11 Å². The van der Waals surface area contributed by atoms with Gasteiger partial charge in [-0.15, -0.1) is 0 Å². The first-order valence-corrected chi connectivity index (χ1v) is 7.45. The van der Waals surface area contributed by atoms with Gasteiger partial charge < -0.3 is 10.5 Å². The first-order chi connectivity index (χ1) is 9.63. The quantitative estimate of drug-likeness (QED) is 0.922. The summed E-state index contributed by atoms with van der Waals surface area (Å²) in [5.74, 6) is 0.726. The zero-order valence-electron chi connectivity index (χ0n) is 11.1. The average molecular weight is 293 g/mol. The number of benzene rings is 2. The summed E-state index contributed by atoms with van der Waals surface area (Å²) in [6, 6.07) is 11.7. The number of hydrogen-bond acceptors (Lipinski definition) is 3. The number of nitrogens with two attached hydrogens (primary N) is 1. The molecular weight excluding hydrogens is 277 g/mol. The lowest BCUT2D eigenvalue weighted by molar-refractivity contribution is 0.414. The van der Waals surface area contributed by atoms with Crippen molar-refractivity contribution in [1.82, 2.24) is 0 Å². The van der Waals surface area contributed by atoms with Gasteiger partial charge in [0.1, 0.15) is 11.6 Å². The fraction of sp³-hybridized carbons (Fsp3) is 0.200. The van der Waals surface area contributed by atoms with Gasteiger partial charge in [0.05, 0.1) is 23.7 Å². The summed E-state index contributed by atoms with van der Waals surface area (Å²) in [7, 11) is 0.402. The SMILES string of the molecule is COc1ccc(S(=O)Cc2ccc(F)c(CN)c2)cc1. The van der Waals surface area contributed by atoms with Crippen LogP contribution in [0.4, 0.5) is 4.39 Å². The molecule has 0 radical (unpaired) electrons. The summed E-state index contributed by atoms with van der Waals surface area (Å²) in [4.78, 5) is 0.712. The summed E-state index contributed by atoms with van der Waals surface area (Å²) in [6.45, 7) is 0.134. The topological polar surface area (TPSA) is 52.3 Å². The lowest BCUT2D eigenvalue weighted by Crippen LogP contribution is -2.03. The van der Waals surface area contributed by atoms with Gasteiger partial charge in [-0.3, -0.25) is 4.21 Å². The van der Waals surface area contributed by atoms with Crippen LogP contribution in [-0.2, 0) is 23.1 Å². The van der Waals surface area contributed by atoms with Crippen LogP contribution in [0.3, 0.4) is 0 Å². The van der Waals surface area contributed by atoms with Crippen molar-refractivity contribution in [3.05, 3.63) is 59.4 Å². The van der Waals surface area contributed by atoms with E-state index >= 15 is 0 Å². The molecular formula is C15H16FNO2S. The lowest BCUT2D eigenvalue weighted by atomic mass is 10.1. The summed E-state index contributed by atoms with van der Waals surface area (Å²) in [5.41, 5.74) is 6.71. The molecule has 0 saturated carbocycles. The standard InChI is InChI=1S/C15H16FNO2S/c1-19-13-3-5-14(6-4-13)20(18)10-11-2-7-15(16)12(8-11)9-17/h2-8H,9-10,17H2,1H3. The Labute approximate surface area is 120 Å². The molecule has 0 bridgehead atoms. The van der Waals surface area contributed by atoms with E-state index < -0.39 is 10.8 Å². The Kier molecular flexibility index (Phi) is 4.87. The molecule has 0 aliphatic heterocycles. The highest BCUT2D eigenvalue weighted by molar-refractivity contribution is 7.84. The van der Waals surface area contributed by atoms with Crippen LogP contribution in [0.2, 0.25) is 0 Å². The monoisotopic (exact) mass is 293 g/mol. The minimum Gasteiger partial charge on any atom is -0.497 e. The van der Waals surface area contributed by atoms with Crippen LogP contribution < -0.4 is 10.5 Å². The van der Waals surface area contributed by atoms with Crippen LogP contribution >= 0.6 is 0 Å². The predicted octanol–water partition coefficient (Wildman–Crippen LogP) is 2.60. The Bertz CT molecular complexity index is 614. The fourth-order valence-corrected chi connectivity index (χ4v) is 2.93. The predicted molar refractivity (Wildman–Crippen MR) is 77.4 cm³/mol. The molecule has 0 aromatic heterocycles. The van der Waals surface area contributed by atoms with Crippen LogP contribution in [0.1, 0.15) is 11.1 Å². The molecule has 106 valence electrons. The van der Waals surface area contributed by atoms with Gasteiger partial charge >= 0.3 is 0 Å². The van der Waals surface area contributed by atoms with Gasteiger partial charge in [-0.2, -0.15) is 0 Å². The van der Waals surface area contributed by atoms with Crippen molar-refractivity contribution in [1.29, 1.82) is 0 Å². The maximum atomic E-state index is 13.3. The van der Waals surface area contributed by atoms with Gasteiger partial charge in [0.15, 0.2) is 0 Å². The number of ether oxygens (including phenoxy) is 1. The summed E-state index contributed by atoms with van der Waals surface area (Å²) < 4.78 is 30.6. The Balaban J connectivity index is 2.14. The molecule has 0 aliphatic rings. The Morgan fingerprint density at radius 3 is 2.50 bits per heavy atom. The highest BCUT2D eigenvalue weighted by atomic mass is 32.2. The summed E-state index contributed by atoms with van der Waals surface area (Å²) in [6.07, 6.45) is 0. The molecule has 0 fully saturated rings. The maximum absolute atomic E-state index is 13.3. The second-order valence-corrected chi connectivity index (χ2v) is 5.75. The van der Waals surface area contributed by atoms with Crippen molar-refractivity contribution >= 4 is 10.8 Å². The molecule has 1 atom stereocenters. The number of rotatable bonds is 5. The molecule has 20 heavy (non-hydrogen) atoms. The molecule has 2 aromatic carbocycles. The van der Waals surface area contributed by atoms with E-state index in [9.17, 15) is 8.60 Å². The molecule has 2 aromatic rings. The molecule has 2 rings (SSSR count). The third kappa shape index (κ3) is 3.43. The molecule has 3 nitrogen and oxygen atoms in total. The van der Waals surface area contributed by atoms with E-state index in [2.05, 4.69) is 0 Å². The van der Waals surface area contributed by atoms with Crippen molar-refractivity contribution in [2.24, 2.45) is 5.73 Å². The molecule has 1 unspecified atom stereocenters. The van der Waals surface area contributed by atoms with Crippen LogP contribution in [0, 0.1) is 5.82 Å². The van der Waals surface area contributed by atoms with E-state index in [1.807, 2.05) is 0 Å². The van der Waals surface area contributed by atoms with E-state index in [1.165, 1.54) is 6.07 Å². The average Bonchev–Trinajstić information content (AvgIpc) is 2.49. The van der Waals surface area contributed by atoms with Gasteiger partial charge in [-0.1, -0.05) is 12.1 Å². The van der Waals surface area contributed by atoms with E-state index in [0.29, 0.717) is 16.2 Å². The van der Waals surface area contributed by atoms with Crippen LogP contribution in [-0.4, -0.2) is 11.3 Å². The molecule has 0 saturated heterocycles. The summed E-state index contributed by atoms with van der Waals surface area (Å²) in [5, 5.41) is 0. The third-order valence-corrected chi connectivity index (χ3v) is 4.34. The molecule has 0 spiro atoms. The first kappa shape index (κ1) is 14.7. The van der Waals surface area contributed by atoms with Gasteiger partial charge in [-0.05, 0) is 35.9 Å². The van der Waals surface area contributed by atoms with E-state index in [0.717, 1.165) is 11.3 Å². The molecule has 2 N–H and O–H groups in total. The first-order valence-electron chi connectivity index (χ1n) is 6.14. The highest BCUT2D eigenvalue weighted by Gasteiger charge is 2.08. The van der Waals surface area contributed by atoms with Gasteiger partial charge in [-0.25, -0.2) is 4.39 Å². The smallest absolute Gasteiger partial charge is 0.127 e. The van der Waals surface area contributed by atoms with E-state index in [4.69, 9.17) is 10.5 Å². The van der Waals surface area contributed by atoms with Crippen LogP contribution in [0.15, 0.2) is 47.4 Å². The number of halogens is 1. The van der Waals surface area contributed by atoms with Crippen molar-refractivity contribution < 1.29 is 13.3 Å². The molecule has 0 amide bonds. The fourth-order valence-electron chi connectivity index (χ4n) is 1.84. The second kappa shape index (κ2) is 6.63. The van der Waals surface area contributed by atoms with Crippen molar-refractivity contribution in [2.45, 2.75) is 17.2 Å². The molecule has 0 aliphatic carbocycles. The normalized spacial score (nSPS) is 12.2. The third-order valence-electron chi connectivity index (χ3n) is 2.95.